The molecule has 0 spiro atoms. The first kappa shape index (κ1) is 14.9. The maximum Gasteiger partial charge on any atom is 0.175 e. The van der Waals surface area contributed by atoms with Crippen molar-refractivity contribution in [2.24, 2.45) is 5.92 Å². The minimum atomic E-state index is -1.12. The molecule has 1 aromatic carbocycles. The molecule has 2 atom stereocenters. The summed E-state index contributed by atoms with van der Waals surface area (Å²) in [4.78, 5) is 12.0. The van der Waals surface area contributed by atoms with E-state index in [1.807, 2.05) is 20.8 Å². The van der Waals surface area contributed by atoms with E-state index in [2.05, 4.69) is 0 Å². The van der Waals surface area contributed by atoms with Crippen molar-refractivity contribution in [2.45, 2.75) is 26.0 Å². The van der Waals surface area contributed by atoms with Gasteiger partial charge < -0.3 is 4.74 Å². The molecule has 0 aliphatic rings. The SMILES string of the molecule is COc1cccc(C(=O)CS(=O)C(C)C(C)C)c1. The van der Waals surface area contributed by atoms with Gasteiger partial charge in [-0.1, -0.05) is 32.9 Å². The van der Waals surface area contributed by atoms with Crippen molar-refractivity contribution in [3.05, 3.63) is 29.8 Å². The van der Waals surface area contributed by atoms with Crippen LogP contribution in [0, 0.1) is 5.92 Å². The number of carbonyl (C=O) groups excluding carboxylic acids is 1. The van der Waals surface area contributed by atoms with Crippen LogP contribution in [0.15, 0.2) is 24.3 Å². The number of ether oxygens (including phenoxy) is 1. The van der Waals surface area contributed by atoms with E-state index in [1.165, 1.54) is 0 Å². The summed E-state index contributed by atoms with van der Waals surface area (Å²) in [5.41, 5.74) is 0.554. The number of methoxy groups -OCH3 is 1. The molecule has 0 radical (unpaired) electrons. The molecule has 0 aliphatic heterocycles. The predicted octanol–water partition coefficient (Wildman–Crippen LogP) is 2.67. The third-order valence-electron chi connectivity index (χ3n) is 3.02. The van der Waals surface area contributed by atoms with Crippen LogP contribution in [-0.4, -0.2) is 28.1 Å². The van der Waals surface area contributed by atoms with Crippen molar-refractivity contribution in [3.63, 3.8) is 0 Å². The smallest absolute Gasteiger partial charge is 0.175 e. The fourth-order valence-corrected chi connectivity index (χ4v) is 2.74. The van der Waals surface area contributed by atoms with Gasteiger partial charge in [0, 0.05) is 21.6 Å². The Morgan fingerprint density at radius 2 is 2.00 bits per heavy atom. The van der Waals surface area contributed by atoms with Crippen molar-refractivity contribution < 1.29 is 13.7 Å². The lowest BCUT2D eigenvalue weighted by atomic mass is 10.1. The molecule has 0 heterocycles. The van der Waals surface area contributed by atoms with Crippen molar-refractivity contribution in [1.29, 1.82) is 0 Å². The normalized spacial score (nSPS) is 14.3. The molecule has 1 rings (SSSR count). The molecule has 1 aromatic rings. The number of ketones is 1. The van der Waals surface area contributed by atoms with E-state index in [-0.39, 0.29) is 16.8 Å². The molecule has 2 unspecified atom stereocenters. The lowest BCUT2D eigenvalue weighted by Gasteiger charge is -2.14. The molecule has 0 bridgehead atoms. The van der Waals surface area contributed by atoms with E-state index >= 15 is 0 Å². The largest absolute Gasteiger partial charge is 0.497 e. The second kappa shape index (κ2) is 6.69. The first-order valence-electron chi connectivity index (χ1n) is 6.00. The lowest BCUT2D eigenvalue weighted by Crippen LogP contribution is -2.24. The molecule has 4 heteroatoms. The zero-order valence-corrected chi connectivity index (χ0v) is 12.1. The second-order valence-electron chi connectivity index (χ2n) is 4.63. The standard InChI is InChI=1S/C14H20O3S/c1-10(2)11(3)18(16)9-14(15)12-6-5-7-13(8-12)17-4/h5-8,10-11H,9H2,1-4H3. The van der Waals surface area contributed by atoms with Gasteiger partial charge in [-0.3, -0.25) is 9.00 Å². The van der Waals surface area contributed by atoms with E-state index < -0.39 is 10.8 Å². The molecule has 3 nitrogen and oxygen atoms in total. The lowest BCUT2D eigenvalue weighted by molar-refractivity contribution is 0.102. The number of carbonyl (C=O) groups is 1. The van der Waals surface area contributed by atoms with E-state index in [4.69, 9.17) is 4.74 Å². The molecule has 100 valence electrons. The molecule has 0 N–H and O–H groups in total. The fraction of sp³-hybridized carbons (Fsp3) is 0.500. The zero-order valence-electron chi connectivity index (χ0n) is 11.3. The maximum absolute atomic E-state index is 12.0. The van der Waals surface area contributed by atoms with Gasteiger partial charge in [-0.05, 0) is 18.1 Å². The Morgan fingerprint density at radius 3 is 2.56 bits per heavy atom. The first-order valence-corrected chi connectivity index (χ1v) is 7.38. The van der Waals surface area contributed by atoms with Gasteiger partial charge in [0.2, 0.25) is 0 Å². The van der Waals surface area contributed by atoms with Crippen LogP contribution in [-0.2, 0) is 10.8 Å². The maximum atomic E-state index is 12.0. The molecule has 0 saturated heterocycles. The highest BCUT2D eigenvalue weighted by molar-refractivity contribution is 7.86. The number of Topliss-reactive ketones (excluding diaryl/α,β-unsaturated/α-hetero) is 1. The minimum absolute atomic E-state index is 0.0274. The monoisotopic (exact) mass is 268 g/mol. The number of hydrogen-bond donors (Lipinski definition) is 0. The van der Waals surface area contributed by atoms with Crippen LogP contribution in [0.3, 0.4) is 0 Å². The van der Waals surface area contributed by atoms with Gasteiger partial charge in [-0.15, -0.1) is 0 Å². The molecule has 0 aromatic heterocycles. The average Bonchev–Trinajstić information content (AvgIpc) is 2.37. The number of rotatable bonds is 6. The molecular weight excluding hydrogens is 248 g/mol. The second-order valence-corrected chi connectivity index (χ2v) is 6.42. The van der Waals surface area contributed by atoms with E-state index in [0.717, 1.165) is 0 Å². The van der Waals surface area contributed by atoms with Crippen molar-refractivity contribution in [3.8, 4) is 5.75 Å². The van der Waals surface area contributed by atoms with Crippen LogP contribution in [0.1, 0.15) is 31.1 Å². The van der Waals surface area contributed by atoms with Crippen molar-refractivity contribution in [1.82, 2.24) is 0 Å². The van der Waals surface area contributed by atoms with Crippen LogP contribution < -0.4 is 4.74 Å². The zero-order chi connectivity index (χ0) is 13.7. The fourth-order valence-electron chi connectivity index (χ4n) is 1.44. The summed E-state index contributed by atoms with van der Waals surface area (Å²) in [6.45, 7) is 5.94. The van der Waals surface area contributed by atoms with Gasteiger partial charge in [-0.2, -0.15) is 0 Å². The quantitative estimate of drug-likeness (QED) is 0.745. The highest BCUT2D eigenvalue weighted by atomic mass is 32.2. The summed E-state index contributed by atoms with van der Waals surface area (Å²) in [7, 11) is 0.434. The molecular formula is C14H20O3S. The van der Waals surface area contributed by atoms with Crippen LogP contribution >= 0.6 is 0 Å². The molecule has 0 fully saturated rings. The van der Waals surface area contributed by atoms with Gasteiger partial charge in [0.1, 0.15) is 5.75 Å². The van der Waals surface area contributed by atoms with Crippen molar-refractivity contribution in [2.75, 3.05) is 12.9 Å². The van der Waals surface area contributed by atoms with Gasteiger partial charge in [0.15, 0.2) is 5.78 Å². The Balaban J connectivity index is 2.73. The van der Waals surface area contributed by atoms with Gasteiger partial charge in [0.05, 0.1) is 12.9 Å². The Morgan fingerprint density at radius 1 is 1.33 bits per heavy atom. The van der Waals surface area contributed by atoms with Gasteiger partial charge in [-0.25, -0.2) is 0 Å². The van der Waals surface area contributed by atoms with E-state index in [0.29, 0.717) is 17.2 Å². The topological polar surface area (TPSA) is 43.4 Å². The Hall–Kier alpha value is -1.16. The Kier molecular flexibility index (Phi) is 5.54. The Bertz CT molecular complexity index is 440. The third kappa shape index (κ3) is 3.95. The van der Waals surface area contributed by atoms with E-state index in [9.17, 15) is 9.00 Å². The molecule has 0 amide bonds. The number of hydrogen-bond acceptors (Lipinski definition) is 3. The molecule has 18 heavy (non-hydrogen) atoms. The summed E-state index contributed by atoms with van der Waals surface area (Å²) in [5.74, 6) is 0.930. The first-order chi connectivity index (χ1) is 8.45. The third-order valence-corrected chi connectivity index (χ3v) is 4.94. The molecule has 0 saturated carbocycles. The van der Waals surface area contributed by atoms with Crippen LogP contribution in [0.5, 0.6) is 5.75 Å². The molecule has 0 aliphatic carbocycles. The summed E-state index contributed by atoms with van der Waals surface area (Å²) >= 11 is 0. The highest BCUT2D eigenvalue weighted by Crippen LogP contribution is 2.15. The van der Waals surface area contributed by atoms with E-state index in [1.54, 1.807) is 31.4 Å². The van der Waals surface area contributed by atoms with Crippen LogP contribution in [0.4, 0.5) is 0 Å². The van der Waals surface area contributed by atoms with Gasteiger partial charge >= 0.3 is 0 Å². The summed E-state index contributed by atoms with van der Waals surface area (Å²) in [6.07, 6.45) is 0. The van der Waals surface area contributed by atoms with Gasteiger partial charge in [0.25, 0.3) is 0 Å². The van der Waals surface area contributed by atoms with Crippen LogP contribution in [0.25, 0.3) is 0 Å². The summed E-state index contributed by atoms with van der Waals surface area (Å²) in [6, 6.07) is 6.95. The van der Waals surface area contributed by atoms with Crippen molar-refractivity contribution >= 4 is 16.6 Å². The minimum Gasteiger partial charge on any atom is -0.497 e. The average molecular weight is 268 g/mol. The van der Waals surface area contributed by atoms with Crippen LogP contribution in [0.2, 0.25) is 0 Å². The summed E-state index contributed by atoms with van der Waals surface area (Å²) < 4.78 is 17.0. The Labute approximate surface area is 111 Å². The number of benzene rings is 1. The highest BCUT2D eigenvalue weighted by Gasteiger charge is 2.19. The summed E-state index contributed by atoms with van der Waals surface area (Å²) in [5, 5.41) is 0.0274. The predicted molar refractivity (Wildman–Crippen MR) is 74.6 cm³/mol.